The highest BCUT2D eigenvalue weighted by atomic mass is 19.2. The Morgan fingerprint density at radius 1 is 0.694 bits per heavy atom. The molecule has 36 heavy (non-hydrogen) atoms. The molecule has 0 bridgehead atoms. The lowest BCUT2D eigenvalue weighted by Gasteiger charge is -2.08. The lowest BCUT2D eigenvalue weighted by atomic mass is 10.0. The van der Waals surface area contributed by atoms with Crippen LogP contribution in [0.1, 0.15) is 48.4 Å². The molecule has 1 aliphatic rings. The fourth-order valence-electron chi connectivity index (χ4n) is 4.51. The molecule has 4 heteroatoms. The summed E-state index contributed by atoms with van der Waals surface area (Å²) in [6.45, 7) is 2.91. The van der Waals surface area contributed by atoms with E-state index >= 15 is 0 Å². The zero-order chi connectivity index (χ0) is 25.1. The molecule has 0 spiro atoms. The van der Waals surface area contributed by atoms with Crippen LogP contribution in [0.5, 0.6) is 5.75 Å². The lowest BCUT2D eigenvalue weighted by Crippen LogP contribution is -1.97. The molecule has 0 amide bonds. The zero-order valence-corrected chi connectivity index (χ0v) is 20.0. The number of halogens is 3. The van der Waals surface area contributed by atoms with Crippen LogP contribution < -0.4 is 4.74 Å². The number of unbranched alkanes of at least 4 members (excludes halogenated alkanes) is 2. The standard InChI is InChI=1S/C32H25F3O/c1-2-3-4-15-36-27-11-13-29-26(18-27)17-25-16-21(6-12-28(25)29)5-7-22-8-9-23(19-31(22)34)24-10-14-30(33)32(35)20-24/h6,8-14,16,18-20H,2-4,15,17H2,1H3. The summed E-state index contributed by atoms with van der Waals surface area (Å²) in [6, 6.07) is 20.3. The molecular weight excluding hydrogens is 457 g/mol. The number of ether oxygens (including phenoxy) is 1. The summed E-state index contributed by atoms with van der Waals surface area (Å²) in [5, 5.41) is 0. The van der Waals surface area contributed by atoms with Gasteiger partial charge in [0, 0.05) is 5.56 Å². The van der Waals surface area contributed by atoms with Crippen molar-refractivity contribution >= 4 is 0 Å². The van der Waals surface area contributed by atoms with Crippen LogP contribution in [0.4, 0.5) is 13.2 Å². The first-order chi connectivity index (χ1) is 17.5. The molecular formula is C32H25F3O. The Kier molecular flexibility index (Phi) is 6.82. The SMILES string of the molecule is CCCCCOc1ccc2c(c1)Cc1cc(C#Cc3ccc(-c4ccc(F)c(F)c4)cc3F)ccc1-2. The Balaban J connectivity index is 1.32. The van der Waals surface area contributed by atoms with Crippen molar-refractivity contribution in [1.29, 1.82) is 0 Å². The van der Waals surface area contributed by atoms with E-state index in [-0.39, 0.29) is 5.56 Å². The molecule has 180 valence electrons. The smallest absolute Gasteiger partial charge is 0.159 e. The van der Waals surface area contributed by atoms with Crippen molar-refractivity contribution in [2.45, 2.75) is 32.6 Å². The van der Waals surface area contributed by atoms with E-state index < -0.39 is 17.5 Å². The maximum atomic E-state index is 14.7. The van der Waals surface area contributed by atoms with Gasteiger partial charge in [0.1, 0.15) is 11.6 Å². The highest BCUT2D eigenvalue weighted by molar-refractivity contribution is 5.78. The zero-order valence-electron chi connectivity index (χ0n) is 20.0. The summed E-state index contributed by atoms with van der Waals surface area (Å²) < 4.78 is 47.3. The van der Waals surface area contributed by atoms with Gasteiger partial charge in [-0.2, -0.15) is 0 Å². The van der Waals surface area contributed by atoms with Gasteiger partial charge >= 0.3 is 0 Å². The Morgan fingerprint density at radius 3 is 2.17 bits per heavy atom. The third kappa shape index (κ3) is 5.02. The summed E-state index contributed by atoms with van der Waals surface area (Å²) in [7, 11) is 0. The normalized spacial score (nSPS) is 11.4. The van der Waals surface area contributed by atoms with Crippen LogP contribution in [0.3, 0.4) is 0 Å². The molecule has 0 aromatic heterocycles. The van der Waals surface area contributed by atoms with Crippen molar-refractivity contribution < 1.29 is 17.9 Å². The summed E-state index contributed by atoms with van der Waals surface area (Å²) in [4.78, 5) is 0. The van der Waals surface area contributed by atoms with E-state index in [0.29, 0.717) is 11.1 Å². The second kappa shape index (κ2) is 10.3. The number of hydrogen-bond acceptors (Lipinski definition) is 1. The average molecular weight is 483 g/mol. The molecule has 5 rings (SSSR count). The molecule has 0 radical (unpaired) electrons. The van der Waals surface area contributed by atoms with E-state index in [4.69, 9.17) is 4.74 Å². The first-order valence-corrected chi connectivity index (χ1v) is 12.2. The molecule has 4 aromatic carbocycles. The minimum atomic E-state index is -0.966. The van der Waals surface area contributed by atoms with Gasteiger partial charge in [0.25, 0.3) is 0 Å². The Bertz CT molecular complexity index is 1490. The van der Waals surface area contributed by atoms with E-state index in [2.05, 4.69) is 43.0 Å². The van der Waals surface area contributed by atoms with Crippen molar-refractivity contribution in [3.63, 3.8) is 0 Å². The van der Waals surface area contributed by atoms with Gasteiger partial charge in [0.15, 0.2) is 11.6 Å². The number of rotatable bonds is 6. The molecule has 0 atom stereocenters. The minimum Gasteiger partial charge on any atom is -0.494 e. The van der Waals surface area contributed by atoms with Crippen LogP contribution in [0.25, 0.3) is 22.3 Å². The fourth-order valence-corrected chi connectivity index (χ4v) is 4.51. The first kappa shape index (κ1) is 23.8. The maximum Gasteiger partial charge on any atom is 0.159 e. The van der Waals surface area contributed by atoms with Crippen molar-refractivity contribution in [3.05, 3.63) is 113 Å². The van der Waals surface area contributed by atoms with Gasteiger partial charge in [-0.05, 0) is 94.8 Å². The van der Waals surface area contributed by atoms with Crippen LogP contribution in [-0.4, -0.2) is 6.61 Å². The van der Waals surface area contributed by atoms with E-state index in [9.17, 15) is 13.2 Å². The largest absolute Gasteiger partial charge is 0.494 e. The van der Waals surface area contributed by atoms with Gasteiger partial charge in [-0.3, -0.25) is 0 Å². The Labute approximate surface area is 209 Å². The second-order valence-corrected chi connectivity index (χ2v) is 9.00. The van der Waals surface area contributed by atoms with Gasteiger partial charge in [-0.25, -0.2) is 13.2 Å². The Hall–Kier alpha value is -3.97. The molecule has 0 heterocycles. The summed E-state index contributed by atoms with van der Waals surface area (Å²) in [5.74, 6) is 4.46. The predicted octanol–water partition coefficient (Wildman–Crippen LogP) is 8.31. The van der Waals surface area contributed by atoms with Crippen molar-refractivity contribution in [1.82, 2.24) is 0 Å². The average Bonchev–Trinajstić information content (AvgIpc) is 3.24. The highest BCUT2D eigenvalue weighted by Crippen LogP contribution is 2.38. The number of benzene rings is 4. The summed E-state index contributed by atoms with van der Waals surface area (Å²) in [5.41, 5.74) is 6.74. The van der Waals surface area contributed by atoms with Crippen LogP contribution in [-0.2, 0) is 6.42 Å². The quantitative estimate of drug-likeness (QED) is 0.175. The predicted molar refractivity (Wildman–Crippen MR) is 137 cm³/mol. The van der Waals surface area contributed by atoms with Crippen LogP contribution in [0.2, 0.25) is 0 Å². The van der Waals surface area contributed by atoms with Gasteiger partial charge < -0.3 is 4.74 Å². The summed E-state index contributed by atoms with van der Waals surface area (Å²) in [6.07, 6.45) is 4.21. The molecule has 0 saturated heterocycles. The Morgan fingerprint density at radius 2 is 1.42 bits per heavy atom. The lowest BCUT2D eigenvalue weighted by molar-refractivity contribution is 0.306. The second-order valence-electron chi connectivity index (χ2n) is 9.00. The van der Waals surface area contributed by atoms with Crippen molar-refractivity contribution in [3.8, 4) is 39.8 Å². The maximum absolute atomic E-state index is 14.7. The van der Waals surface area contributed by atoms with Gasteiger partial charge in [0.2, 0.25) is 0 Å². The molecule has 0 unspecified atom stereocenters. The molecule has 1 nitrogen and oxygen atoms in total. The van der Waals surface area contributed by atoms with Crippen LogP contribution >= 0.6 is 0 Å². The molecule has 4 aromatic rings. The minimum absolute atomic E-state index is 0.245. The topological polar surface area (TPSA) is 9.23 Å². The van der Waals surface area contributed by atoms with E-state index in [1.54, 1.807) is 12.1 Å². The monoisotopic (exact) mass is 482 g/mol. The molecule has 0 fully saturated rings. The molecule has 0 saturated carbocycles. The van der Waals surface area contributed by atoms with E-state index in [1.807, 2.05) is 12.1 Å². The first-order valence-electron chi connectivity index (χ1n) is 12.2. The number of fused-ring (bicyclic) bond motifs is 3. The molecule has 1 aliphatic carbocycles. The van der Waals surface area contributed by atoms with Crippen LogP contribution in [0, 0.1) is 29.3 Å². The van der Waals surface area contributed by atoms with Gasteiger partial charge in [0.05, 0.1) is 12.2 Å². The molecule has 0 N–H and O–H groups in total. The van der Waals surface area contributed by atoms with E-state index in [1.165, 1.54) is 47.2 Å². The summed E-state index contributed by atoms with van der Waals surface area (Å²) >= 11 is 0. The van der Waals surface area contributed by atoms with Gasteiger partial charge in [-0.1, -0.05) is 55.9 Å². The number of hydrogen-bond donors (Lipinski definition) is 0. The van der Waals surface area contributed by atoms with Crippen LogP contribution in [0.15, 0.2) is 72.8 Å². The van der Waals surface area contributed by atoms with Gasteiger partial charge in [-0.15, -0.1) is 0 Å². The third-order valence-electron chi connectivity index (χ3n) is 6.43. The van der Waals surface area contributed by atoms with Crippen molar-refractivity contribution in [2.24, 2.45) is 0 Å². The van der Waals surface area contributed by atoms with Crippen molar-refractivity contribution in [2.75, 3.05) is 6.61 Å². The third-order valence-corrected chi connectivity index (χ3v) is 6.43. The van der Waals surface area contributed by atoms with E-state index in [0.717, 1.165) is 42.9 Å². The molecule has 0 aliphatic heterocycles. The fraction of sp³-hybridized carbons (Fsp3) is 0.188. The highest BCUT2D eigenvalue weighted by Gasteiger charge is 2.19.